The number of amides is 3. The Morgan fingerprint density at radius 3 is 2.68 bits per heavy atom. The highest BCUT2D eigenvalue weighted by atomic mass is 32.1. The molecule has 0 bridgehead atoms. The number of esters is 1. The van der Waals surface area contributed by atoms with Gasteiger partial charge in [0.05, 0.1) is 0 Å². The van der Waals surface area contributed by atoms with Crippen LogP contribution in [-0.4, -0.2) is 35.5 Å². The number of nitrogens with zero attached hydrogens (tertiary/aromatic N) is 1. The van der Waals surface area contributed by atoms with Gasteiger partial charge in [-0.25, -0.2) is 14.6 Å². The molecular weight excluding hydrogens is 378 g/mol. The Bertz CT molecular complexity index is 837. The van der Waals surface area contributed by atoms with Crippen LogP contribution in [0.1, 0.15) is 43.1 Å². The second-order valence-electron chi connectivity index (χ2n) is 6.87. The molecule has 2 N–H and O–H groups in total. The molecule has 1 aliphatic carbocycles. The molecule has 28 heavy (non-hydrogen) atoms. The van der Waals surface area contributed by atoms with Crippen LogP contribution in [-0.2, 0) is 9.53 Å². The third-order valence-corrected chi connectivity index (χ3v) is 5.64. The van der Waals surface area contributed by atoms with Crippen LogP contribution in [0.25, 0.3) is 10.6 Å². The summed E-state index contributed by atoms with van der Waals surface area (Å²) in [4.78, 5) is 40.1. The van der Waals surface area contributed by atoms with Crippen molar-refractivity contribution in [1.82, 2.24) is 15.6 Å². The first-order chi connectivity index (χ1) is 13.5. The molecule has 0 aliphatic heterocycles. The number of aromatic nitrogens is 1. The number of carbonyl (C=O) groups excluding carboxylic acids is 3. The monoisotopic (exact) mass is 401 g/mol. The van der Waals surface area contributed by atoms with Crippen molar-refractivity contribution in [3.63, 3.8) is 0 Å². The minimum atomic E-state index is -0.699. The van der Waals surface area contributed by atoms with Crippen LogP contribution in [0.4, 0.5) is 4.79 Å². The molecule has 0 unspecified atom stereocenters. The highest BCUT2D eigenvalue weighted by Gasteiger charge is 2.23. The van der Waals surface area contributed by atoms with E-state index in [4.69, 9.17) is 4.74 Å². The number of rotatable bonds is 5. The first-order valence-corrected chi connectivity index (χ1v) is 10.2. The van der Waals surface area contributed by atoms with Crippen LogP contribution in [0, 0.1) is 5.92 Å². The summed E-state index contributed by atoms with van der Waals surface area (Å²) in [6, 6.07) is 8.97. The third-order valence-electron chi connectivity index (χ3n) is 4.75. The van der Waals surface area contributed by atoms with Gasteiger partial charge in [0.2, 0.25) is 0 Å². The van der Waals surface area contributed by atoms with Crippen LogP contribution in [0.3, 0.4) is 0 Å². The van der Waals surface area contributed by atoms with Gasteiger partial charge in [-0.1, -0.05) is 50.1 Å². The van der Waals surface area contributed by atoms with Crippen molar-refractivity contribution in [2.75, 3.05) is 6.61 Å². The Kier molecular flexibility index (Phi) is 6.76. The van der Waals surface area contributed by atoms with E-state index in [9.17, 15) is 14.4 Å². The van der Waals surface area contributed by atoms with Crippen molar-refractivity contribution in [3.05, 3.63) is 41.4 Å². The number of imide groups is 1. The number of thiazole rings is 1. The van der Waals surface area contributed by atoms with E-state index >= 15 is 0 Å². The van der Waals surface area contributed by atoms with Gasteiger partial charge in [-0.2, -0.15) is 0 Å². The minimum absolute atomic E-state index is 0.0653. The molecule has 0 radical (unpaired) electrons. The number of urea groups is 1. The Labute approximate surface area is 167 Å². The predicted octanol–water partition coefficient (Wildman–Crippen LogP) is 3.37. The van der Waals surface area contributed by atoms with Gasteiger partial charge in [0.15, 0.2) is 12.3 Å². The van der Waals surface area contributed by atoms with Crippen molar-refractivity contribution in [2.45, 2.75) is 38.6 Å². The van der Waals surface area contributed by atoms with E-state index in [0.29, 0.717) is 10.9 Å². The quantitative estimate of drug-likeness (QED) is 0.749. The average Bonchev–Trinajstić information content (AvgIpc) is 3.19. The Hall–Kier alpha value is -2.74. The van der Waals surface area contributed by atoms with Crippen molar-refractivity contribution in [3.8, 4) is 10.6 Å². The molecule has 8 heteroatoms. The molecule has 1 aliphatic rings. The Morgan fingerprint density at radius 2 is 1.93 bits per heavy atom. The summed E-state index contributed by atoms with van der Waals surface area (Å²) in [6.07, 6.45) is 4.21. The number of hydrogen-bond donors (Lipinski definition) is 2. The maximum atomic E-state index is 12.1. The predicted molar refractivity (Wildman–Crippen MR) is 106 cm³/mol. The summed E-state index contributed by atoms with van der Waals surface area (Å²) in [6.45, 7) is 1.55. The smallest absolute Gasteiger partial charge is 0.358 e. The Balaban J connectivity index is 1.44. The molecule has 1 saturated carbocycles. The summed E-state index contributed by atoms with van der Waals surface area (Å²) >= 11 is 1.32. The van der Waals surface area contributed by atoms with E-state index in [1.54, 1.807) is 5.38 Å². The summed E-state index contributed by atoms with van der Waals surface area (Å²) in [5.41, 5.74) is 1.04. The average molecular weight is 401 g/mol. The van der Waals surface area contributed by atoms with Crippen molar-refractivity contribution >= 4 is 29.2 Å². The molecule has 2 aromatic rings. The zero-order valence-electron chi connectivity index (χ0n) is 15.6. The normalized spacial score (nSPS) is 18.9. The summed E-state index contributed by atoms with van der Waals surface area (Å²) < 4.78 is 4.96. The molecule has 148 valence electrons. The van der Waals surface area contributed by atoms with Gasteiger partial charge in [0, 0.05) is 17.0 Å². The van der Waals surface area contributed by atoms with E-state index in [0.717, 1.165) is 24.8 Å². The first kappa shape index (κ1) is 20.0. The number of hydrogen-bond acceptors (Lipinski definition) is 6. The van der Waals surface area contributed by atoms with Crippen LogP contribution >= 0.6 is 11.3 Å². The number of carbonyl (C=O) groups is 3. The highest BCUT2D eigenvalue weighted by molar-refractivity contribution is 7.13. The maximum Gasteiger partial charge on any atom is 0.358 e. The molecule has 3 rings (SSSR count). The number of nitrogens with one attached hydrogen (secondary N) is 2. The van der Waals surface area contributed by atoms with Crippen LogP contribution in [0.5, 0.6) is 0 Å². The minimum Gasteiger partial charge on any atom is -0.451 e. The lowest BCUT2D eigenvalue weighted by Crippen LogP contribution is -2.48. The topological polar surface area (TPSA) is 97.4 Å². The SMILES string of the molecule is C[C@@H]1CCCC[C@H]1NC(=O)NC(=O)COC(=O)c1csc(-c2ccccc2)n1. The summed E-state index contributed by atoms with van der Waals surface area (Å²) in [5.74, 6) is -0.987. The standard InChI is InChI=1S/C20H23N3O4S/c1-13-7-5-6-10-15(13)22-20(26)23-17(24)11-27-19(25)16-12-28-18(21-16)14-8-3-2-4-9-14/h2-4,8-9,12-13,15H,5-7,10-11H2,1H3,(H2,22,23,24,26)/t13-,15-/m1/s1. The van der Waals surface area contributed by atoms with Gasteiger partial charge in [0.25, 0.3) is 5.91 Å². The molecule has 0 spiro atoms. The van der Waals surface area contributed by atoms with Gasteiger partial charge in [-0.15, -0.1) is 11.3 Å². The molecule has 1 aromatic carbocycles. The van der Waals surface area contributed by atoms with Gasteiger partial charge in [-0.05, 0) is 18.8 Å². The molecule has 1 fully saturated rings. The van der Waals surface area contributed by atoms with Crippen LogP contribution in [0.2, 0.25) is 0 Å². The van der Waals surface area contributed by atoms with Crippen LogP contribution in [0.15, 0.2) is 35.7 Å². The fraction of sp³-hybridized carbons (Fsp3) is 0.400. The van der Waals surface area contributed by atoms with Gasteiger partial charge >= 0.3 is 12.0 Å². The summed E-state index contributed by atoms with van der Waals surface area (Å²) in [5, 5.41) is 7.30. The Morgan fingerprint density at radius 1 is 1.18 bits per heavy atom. The van der Waals surface area contributed by atoms with Gasteiger partial charge in [-0.3, -0.25) is 10.1 Å². The van der Waals surface area contributed by atoms with E-state index in [2.05, 4.69) is 22.5 Å². The van der Waals surface area contributed by atoms with E-state index < -0.39 is 24.5 Å². The van der Waals surface area contributed by atoms with Gasteiger partial charge < -0.3 is 10.1 Å². The van der Waals surface area contributed by atoms with Crippen molar-refractivity contribution in [2.24, 2.45) is 5.92 Å². The molecule has 1 heterocycles. The maximum absolute atomic E-state index is 12.1. The van der Waals surface area contributed by atoms with Gasteiger partial charge in [0.1, 0.15) is 5.01 Å². The molecule has 0 saturated heterocycles. The van der Waals surface area contributed by atoms with Crippen LogP contribution < -0.4 is 10.6 Å². The molecule has 1 aromatic heterocycles. The first-order valence-electron chi connectivity index (χ1n) is 9.31. The largest absolute Gasteiger partial charge is 0.451 e. The second-order valence-corrected chi connectivity index (χ2v) is 7.73. The molecule has 3 amide bonds. The number of benzene rings is 1. The second kappa shape index (κ2) is 9.45. The lowest BCUT2D eigenvalue weighted by molar-refractivity contribution is -0.123. The fourth-order valence-corrected chi connectivity index (χ4v) is 3.98. The molecular formula is C20H23N3O4S. The van der Waals surface area contributed by atoms with Crippen molar-refractivity contribution < 1.29 is 19.1 Å². The highest BCUT2D eigenvalue weighted by Crippen LogP contribution is 2.24. The van der Waals surface area contributed by atoms with E-state index in [1.807, 2.05) is 30.3 Å². The molecule has 7 nitrogen and oxygen atoms in total. The van der Waals surface area contributed by atoms with E-state index in [-0.39, 0.29) is 11.7 Å². The fourth-order valence-electron chi connectivity index (χ4n) is 3.18. The third kappa shape index (κ3) is 5.39. The lowest BCUT2D eigenvalue weighted by atomic mass is 9.86. The lowest BCUT2D eigenvalue weighted by Gasteiger charge is -2.29. The van der Waals surface area contributed by atoms with E-state index in [1.165, 1.54) is 17.8 Å². The summed E-state index contributed by atoms with van der Waals surface area (Å²) in [7, 11) is 0. The zero-order valence-corrected chi connectivity index (χ0v) is 16.5. The van der Waals surface area contributed by atoms with Crippen molar-refractivity contribution in [1.29, 1.82) is 0 Å². The zero-order chi connectivity index (χ0) is 19.9. The molecule has 2 atom stereocenters. The number of ether oxygens (including phenoxy) is 1.